The number of ether oxygens (including phenoxy) is 2. The van der Waals surface area contributed by atoms with Crippen LogP contribution in [0.15, 0.2) is 66.5 Å². The number of rotatable bonds is 5. The van der Waals surface area contributed by atoms with E-state index in [-0.39, 0.29) is 27.6 Å². The lowest BCUT2D eigenvalue weighted by atomic mass is 9.96. The number of nitrogens with zero attached hydrogens (tertiary/aromatic N) is 2. The number of aromatic nitrogens is 1. The van der Waals surface area contributed by atoms with Crippen LogP contribution in [0.1, 0.15) is 17.2 Å². The molecular weight excluding hydrogens is 448 g/mol. The number of carbonyl (C=O) groups is 2. The number of halogens is 1. The first kappa shape index (κ1) is 22.2. The quantitative estimate of drug-likeness (QED) is 0.331. The first-order valence-corrected chi connectivity index (χ1v) is 10.2. The maximum absolute atomic E-state index is 13.2. The third-order valence-corrected chi connectivity index (χ3v) is 5.53. The van der Waals surface area contributed by atoms with Crippen LogP contribution >= 0.6 is 11.6 Å². The zero-order chi connectivity index (χ0) is 23.7. The molecule has 0 saturated carbocycles. The normalized spacial score (nSPS) is 17.3. The molecule has 1 saturated heterocycles. The molecule has 1 fully saturated rings. The molecule has 0 spiro atoms. The summed E-state index contributed by atoms with van der Waals surface area (Å²) in [6.07, 6.45) is 3.02. The molecular formula is C24H19ClN2O6. The standard InChI is InChI=1S/C24H19ClN2O6/c1-32-18-8-5-13(10-19(18)33-2)22(29)20-21(14-4-3-9-26-12-14)27(24(31)23(20)30)16-11-15(25)6-7-17(16)28/h3-12,21,28-29H,1-2H3/b22-20+. The second-order valence-corrected chi connectivity index (χ2v) is 7.59. The molecule has 4 rings (SSSR count). The summed E-state index contributed by atoms with van der Waals surface area (Å²) >= 11 is 6.10. The molecule has 8 nitrogen and oxygen atoms in total. The highest BCUT2D eigenvalue weighted by atomic mass is 35.5. The van der Waals surface area contributed by atoms with Crippen molar-refractivity contribution in [3.63, 3.8) is 0 Å². The number of hydrogen-bond donors (Lipinski definition) is 2. The van der Waals surface area contributed by atoms with Crippen molar-refractivity contribution >= 4 is 34.7 Å². The van der Waals surface area contributed by atoms with Gasteiger partial charge in [0.2, 0.25) is 0 Å². The van der Waals surface area contributed by atoms with Crippen LogP contribution in [-0.4, -0.2) is 41.1 Å². The number of anilines is 1. The van der Waals surface area contributed by atoms with E-state index in [4.69, 9.17) is 21.1 Å². The van der Waals surface area contributed by atoms with Crippen molar-refractivity contribution in [2.24, 2.45) is 0 Å². The molecule has 1 unspecified atom stereocenters. The highest BCUT2D eigenvalue weighted by Gasteiger charge is 2.48. The molecule has 0 aliphatic carbocycles. The number of aliphatic hydroxyl groups excluding tert-OH is 1. The minimum Gasteiger partial charge on any atom is -0.507 e. The fraction of sp³-hybridized carbons (Fsp3) is 0.125. The first-order chi connectivity index (χ1) is 15.9. The molecule has 0 bridgehead atoms. The zero-order valence-electron chi connectivity index (χ0n) is 17.7. The number of pyridine rings is 1. The Hall–Kier alpha value is -4.04. The minimum atomic E-state index is -1.06. The molecule has 1 amide bonds. The topological polar surface area (TPSA) is 109 Å². The third-order valence-electron chi connectivity index (χ3n) is 5.30. The molecule has 2 N–H and O–H groups in total. The van der Waals surface area contributed by atoms with E-state index in [1.165, 1.54) is 44.7 Å². The average Bonchev–Trinajstić information content (AvgIpc) is 3.10. The summed E-state index contributed by atoms with van der Waals surface area (Å²) in [4.78, 5) is 31.5. The van der Waals surface area contributed by atoms with E-state index in [1.54, 1.807) is 30.5 Å². The number of ketones is 1. The van der Waals surface area contributed by atoms with Crippen molar-refractivity contribution in [2.75, 3.05) is 19.1 Å². The fourth-order valence-electron chi connectivity index (χ4n) is 3.76. The van der Waals surface area contributed by atoms with Gasteiger partial charge in [0.05, 0.1) is 31.5 Å². The van der Waals surface area contributed by atoms with Crippen molar-refractivity contribution in [1.29, 1.82) is 0 Å². The summed E-state index contributed by atoms with van der Waals surface area (Å²) in [5.41, 5.74) is 0.567. The molecule has 168 valence electrons. The first-order valence-electron chi connectivity index (χ1n) is 9.79. The Morgan fingerprint density at radius 3 is 2.48 bits per heavy atom. The monoisotopic (exact) mass is 466 g/mol. The van der Waals surface area contributed by atoms with E-state index in [2.05, 4.69) is 4.98 Å². The lowest BCUT2D eigenvalue weighted by Gasteiger charge is -2.26. The largest absolute Gasteiger partial charge is 0.507 e. The van der Waals surface area contributed by atoms with Crippen LogP contribution in [0.3, 0.4) is 0 Å². The average molecular weight is 467 g/mol. The summed E-state index contributed by atoms with van der Waals surface area (Å²) in [5.74, 6) is -1.74. The highest BCUT2D eigenvalue weighted by molar-refractivity contribution is 6.52. The van der Waals surface area contributed by atoms with Gasteiger partial charge in [0.1, 0.15) is 11.5 Å². The lowest BCUT2D eigenvalue weighted by Crippen LogP contribution is -2.29. The number of Topliss-reactive ketones (excluding diaryl/α,β-unsaturated/α-hetero) is 1. The number of phenolic OH excluding ortho intramolecular Hbond substituents is 1. The van der Waals surface area contributed by atoms with Gasteiger partial charge in [0.25, 0.3) is 11.7 Å². The molecule has 3 aromatic rings. The second-order valence-electron chi connectivity index (χ2n) is 7.16. The van der Waals surface area contributed by atoms with Gasteiger partial charge < -0.3 is 19.7 Å². The Morgan fingerprint density at radius 2 is 1.82 bits per heavy atom. The number of methoxy groups -OCH3 is 2. The van der Waals surface area contributed by atoms with Gasteiger partial charge in [-0.25, -0.2) is 0 Å². The van der Waals surface area contributed by atoms with E-state index in [0.717, 1.165) is 4.90 Å². The van der Waals surface area contributed by atoms with Crippen molar-refractivity contribution < 1.29 is 29.3 Å². The molecule has 33 heavy (non-hydrogen) atoms. The van der Waals surface area contributed by atoms with E-state index in [0.29, 0.717) is 17.1 Å². The predicted molar refractivity (Wildman–Crippen MR) is 122 cm³/mol. The van der Waals surface area contributed by atoms with E-state index >= 15 is 0 Å². The number of aromatic hydroxyl groups is 1. The van der Waals surface area contributed by atoms with Crippen molar-refractivity contribution in [2.45, 2.75) is 6.04 Å². The molecule has 1 atom stereocenters. The summed E-state index contributed by atoms with van der Waals surface area (Å²) in [6, 6.07) is 11.0. The molecule has 2 aromatic carbocycles. The summed E-state index contributed by atoms with van der Waals surface area (Å²) in [6.45, 7) is 0. The molecule has 9 heteroatoms. The Labute approximate surface area is 194 Å². The van der Waals surface area contributed by atoms with Gasteiger partial charge in [-0.2, -0.15) is 0 Å². The Bertz CT molecular complexity index is 1280. The Balaban J connectivity index is 1.96. The summed E-state index contributed by atoms with van der Waals surface area (Å²) < 4.78 is 10.5. The van der Waals surface area contributed by atoms with Crippen LogP contribution < -0.4 is 14.4 Å². The fourth-order valence-corrected chi connectivity index (χ4v) is 3.93. The van der Waals surface area contributed by atoms with Crippen LogP contribution in [0.2, 0.25) is 5.02 Å². The Morgan fingerprint density at radius 1 is 1.06 bits per heavy atom. The maximum atomic E-state index is 13.2. The number of phenols is 1. The predicted octanol–water partition coefficient (Wildman–Crippen LogP) is 4.08. The summed E-state index contributed by atoms with van der Waals surface area (Å²) in [7, 11) is 2.92. The van der Waals surface area contributed by atoms with Gasteiger partial charge in [-0.05, 0) is 48.0 Å². The van der Waals surface area contributed by atoms with E-state index in [9.17, 15) is 19.8 Å². The van der Waals surface area contributed by atoms with E-state index in [1.807, 2.05) is 0 Å². The van der Waals surface area contributed by atoms with Crippen LogP contribution in [0, 0.1) is 0 Å². The SMILES string of the molecule is COc1ccc(/C(O)=C2\C(=O)C(=O)N(c3cc(Cl)ccc3O)C2c2cccnc2)cc1OC. The zero-order valence-corrected chi connectivity index (χ0v) is 18.4. The van der Waals surface area contributed by atoms with Gasteiger partial charge in [-0.3, -0.25) is 19.5 Å². The van der Waals surface area contributed by atoms with Crippen molar-refractivity contribution in [3.8, 4) is 17.2 Å². The Kier molecular flexibility index (Phi) is 5.93. The maximum Gasteiger partial charge on any atom is 0.300 e. The smallest absolute Gasteiger partial charge is 0.300 e. The van der Waals surface area contributed by atoms with E-state index < -0.39 is 23.5 Å². The lowest BCUT2D eigenvalue weighted by molar-refractivity contribution is -0.132. The molecule has 1 aliphatic rings. The van der Waals surface area contributed by atoms with Crippen LogP contribution in [-0.2, 0) is 9.59 Å². The third kappa shape index (κ3) is 3.85. The van der Waals surface area contributed by atoms with Crippen LogP contribution in [0.25, 0.3) is 5.76 Å². The van der Waals surface area contributed by atoms with Crippen LogP contribution in [0.5, 0.6) is 17.2 Å². The number of hydrogen-bond acceptors (Lipinski definition) is 7. The highest BCUT2D eigenvalue weighted by Crippen LogP contribution is 2.45. The van der Waals surface area contributed by atoms with Crippen molar-refractivity contribution in [3.05, 3.63) is 82.6 Å². The number of benzene rings is 2. The molecule has 1 aromatic heterocycles. The number of carbonyl (C=O) groups excluding carboxylic acids is 2. The van der Waals surface area contributed by atoms with Gasteiger partial charge in [0, 0.05) is 23.0 Å². The van der Waals surface area contributed by atoms with Crippen LogP contribution in [0.4, 0.5) is 5.69 Å². The van der Waals surface area contributed by atoms with Crippen molar-refractivity contribution in [1.82, 2.24) is 4.98 Å². The number of aliphatic hydroxyl groups is 1. The second kappa shape index (κ2) is 8.84. The molecule has 1 aliphatic heterocycles. The van der Waals surface area contributed by atoms with Gasteiger partial charge >= 0.3 is 0 Å². The van der Waals surface area contributed by atoms with Gasteiger partial charge in [0.15, 0.2) is 11.5 Å². The summed E-state index contributed by atoms with van der Waals surface area (Å²) in [5, 5.41) is 21.9. The minimum absolute atomic E-state index is 0.0322. The number of amides is 1. The van der Waals surface area contributed by atoms with Gasteiger partial charge in [-0.1, -0.05) is 17.7 Å². The molecule has 2 heterocycles. The molecule has 0 radical (unpaired) electrons. The van der Waals surface area contributed by atoms with Gasteiger partial charge in [-0.15, -0.1) is 0 Å².